The van der Waals surface area contributed by atoms with E-state index in [-0.39, 0.29) is 18.5 Å². The molecule has 3 aliphatic rings. The van der Waals surface area contributed by atoms with Crippen LogP contribution < -0.4 is 0 Å². The van der Waals surface area contributed by atoms with Crippen molar-refractivity contribution < 1.29 is 23.7 Å². The first-order chi connectivity index (χ1) is 9.46. The van der Waals surface area contributed by atoms with E-state index in [4.69, 9.17) is 23.7 Å². The van der Waals surface area contributed by atoms with Gasteiger partial charge in [0.05, 0.1) is 4.43 Å². The van der Waals surface area contributed by atoms with E-state index in [1.54, 1.807) is 0 Å². The zero-order valence-electron chi connectivity index (χ0n) is 11.9. The van der Waals surface area contributed by atoms with Gasteiger partial charge in [0.25, 0.3) is 5.79 Å². The van der Waals surface area contributed by atoms with Gasteiger partial charge in [0.15, 0.2) is 18.2 Å². The second-order valence-corrected chi connectivity index (χ2v) is 6.67. The van der Waals surface area contributed by atoms with Gasteiger partial charge in [-0.1, -0.05) is 29.2 Å². The molecule has 6 heteroatoms. The number of halogens is 1. The molecule has 3 aliphatic heterocycles. The molecule has 0 spiro atoms. The third-order valence-corrected chi connectivity index (χ3v) is 4.84. The van der Waals surface area contributed by atoms with Crippen molar-refractivity contribution in [2.24, 2.45) is 0 Å². The third kappa shape index (κ3) is 2.61. The fourth-order valence-electron chi connectivity index (χ4n) is 2.97. The lowest BCUT2D eigenvalue weighted by molar-refractivity contribution is -0.232. The summed E-state index contributed by atoms with van der Waals surface area (Å²) < 4.78 is 30.2. The van der Waals surface area contributed by atoms with Gasteiger partial charge in [-0.05, 0) is 33.1 Å². The van der Waals surface area contributed by atoms with Crippen LogP contribution >= 0.6 is 22.6 Å². The predicted molar refractivity (Wildman–Crippen MR) is 80.3 cm³/mol. The summed E-state index contributed by atoms with van der Waals surface area (Å²) in [4.78, 5) is 0. The first-order valence-corrected chi connectivity index (χ1v) is 8.57. The monoisotopic (exact) mass is 396 g/mol. The lowest BCUT2D eigenvalue weighted by Gasteiger charge is -2.28. The van der Waals surface area contributed by atoms with Gasteiger partial charge in [-0.25, -0.2) is 0 Å². The molecule has 1 unspecified atom stereocenters. The van der Waals surface area contributed by atoms with Crippen LogP contribution in [0.15, 0.2) is 12.3 Å². The number of hydrogen-bond donors (Lipinski definition) is 0. The van der Waals surface area contributed by atoms with E-state index in [1.165, 1.54) is 0 Å². The summed E-state index contributed by atoms with van der Waals surface area (Å²) >= 11 is 2.25. The molecule has 114 valence electrons. The lowest BCUT2D eigenvalue weighted by Crippen LogP contribution is -2.44. The fraction of sp³-hybridized carbons (Fsp3) is 0.857. The maximum Gasteiger partial charge on any atom is 0.251 e. The SMILES string of the molecule is C=C1O[C@@]2(CI)OC(C)(C)O[C@H]2[C@@H]1OC1CCCCO1. The van der Waals surface area contributed by atoms with Crippen LogP contribution in [-0.2, 0) is 23.7 Å². The second kappa shape index (κ2) is 5.39. The maximum atomic E-state index is 6.04. The molecule has 0 N–H and O–H groups in total. The van der Waals surface area contributed by atoms with Gasteiger partial charge in [-0.15, -0.1) is 0 Å². The highest BCUT2D eigenvalue weighted by Crippen LogP contribution is 2.48. The molecule has 0 aromatic heterocycles. The molecule has 0 saturated carbocycles. The Hall–Kier alpha value is 0.110. The Morgan fingerprint density at radius 1 is 1.40 bits per heavy atom. The summed E-state index contributed by atoms with van der Waals surface area (Å²) in [6.07, 6.45) is 2.28. The molecule has 3 rings (SSSR count). The van der Waals surface area contributed by atoms with Crippen molar-refractivity contribution in [3.63, 3.8) is 0 Å². The molecular weight excluding hydrogens is 375 g/mol. The van der Waals surface area contributed by atoms with Crippen LogP contribution in [0, 0.1) is 0 Å². The Labute approximate surface area is 133 Å². The van der Waals surface area contributed by atoms with E-state index in [0.717, 1.165) is 25.9 Å². The van der Waals surface area contributed by atoms with Gasteiger partial charge in [-0.3, -0.25) is 0 Å². The summed E-state index contributed by atoms with van der Waals surface area (Å²) in [5, 5.41) is 0. The lowest BCUT2D eigenvalue weighted by atomic mass is 10.1. The Bertz CT molecular complexity index is 393. The molecule has 20 heavy (non-hydrogen) atoms. The maximum absolute atomic E-state index is 6.04. The molecule has 3 fully saturated rings. The standard InChI is InChI=1S/C14H21IO5/c1-9-11(17-10-6-4-5-7-16-10)12-14(8-15,18-9)20-13(2,3)19-12/h10-12H,1,4-8H2,2-3H3/t10?,11-,12+,14+/m1/s1. The fourth-order valence-corrected chi connectivity index (χ4v) is 3.72. The molecule has 4 atom stereocenters. The van der Waals surface area contributed by atoms with Gasteiger partial charge in [0, 0.05) is 6.61 Å². The average Bonchev–Trinajstić information content (AvgIpc) is 2.80. The largest absolute Gasteiger partial charge is 0.461 e. The average molecular weight is 396 g/mol. The summed E-state index contributed by atoms with van der Waals surface area (Å²) in [6.45, 7) is 8.48. The van der Waals surface area contributed by atoms with Crippen molar-refractivity contribution in [2.75, 3.05) is 11.0 Å². The predicted octanol–water partition coefficient (Wildman–Crippen LogP) is 2.72. The van der Waals surface area contributed by atoms with Crippen molar-refractivity contribution in [3.8, 4) is 0 Å². The van der Waals surface area contributed by atoms with E-state index >= 15 is 0 Å². The van der Waals surface area contributed by atoms with Crippen LogP contribution in [0.2, 0.25) is 0 Å². The summed E-state index contributed by atoms with van der Waals surface area (Å²) in [7, 11) is 0. The molecule has 0 bridgehead atoms. The molecule has 0 amide bonds. The normalized spacial score (nSPS) is 43.4. The molecule has 3 saturated heterocycles. The quantitative estimate of drug-likeness (QED) is 0.543. The van der Waals surface area contributed by atoms with Gasteiger partial charge in [0.2, 0.25) is 0 Å². The minimum absolute atomic E-state index is 0.202. The molecule has 0 radical (unpaired) electrons. The van der Waals surface area contributed by atoms with Gasteiger partial charge >= 0.3 is 0 Å². The van der Waals surface area contributed by atoms with Crippen LogP contribution in [0.4, 0.5) is 0 Å². The van der Waals surface area contributed by atoms with Gasteiger partial charge in [-0.2, -0.15) is 0 Å². The van der Waals surface area contributed by atoms with E-state index in [9.17, 15) is 0 Å². The van der Waals surface area contributed by atoms with E-state index in [1.807, 2.05) is 13.8 Å². The first-order valence-electron chi connectivity index (χ1n) is 7.05. The second-order valence-electron chi connectivity index (χ2n) is 5.91. The molecule has 0 aliphatic carbocycles. The summed E-state index contributed by atoms with van der Waals surface area (Å²) in [5.41, 5.74) is 0. The minimum Gasteiger partial charge on any atom is -0.461 e. The highest BCUT2D eigenvalue weighted by atomic mass is 127. The van der Waals surface area contributed by atoms with Crippen LogP contribution in [0.1, 0.15) is 33.1 Å². The first kappa shape index (κ1) is 15.0. The topological polar surface area (TPSA) is 46.2 Å². The van der Waals surface area contributed by atoms with E-state index in [0.29, 0.717) is 10.2 Å². The Morgan fingerprint density at radius 3 is 2.85 bits per heavy atom. The van der Waals surface area contributed by atoms with Crippen LogP contribution in [-0.4, -0.2) is 41.1 Å². The summed E-state index contributed by atoms with van der Waals surface area (Å²) in [6, 6.07) is 0. The van der Waals surface area contributed by atoms with Gasteiger partial charge < -0.3 is 23.7 Å². The zero-order chi connectivity index (χ0) is 14.4. The van der Waals surface area contributed by atoms with Crippen LogP contribution in [0.5, 0.6) is 0 Å². The smallest absolute Gasteiger partial charge is 0.251 e. The van der Waals surface area contributed by atoms with E-state index in [2.05, 4.69) is 29.2 Å². The Balaban J connectivity index is 1.75. The van der Waals surface area contributed by atoms with Crippen molar-refractivity contribution in [3.05, 3.63) is 12.3 Å². The highest BCUT2D eigenvalue weighted by molar-refractivity contribution is 14.1. The zero-order valence-corrected chi connectivity index (χ0v) is 14.1. The van der Waals surface area contributed by atoms with Crippen LogP contribution in [0.3, 0.4) is 0 Å². The molecule has 3 heterocycles. The van der Waals surface area contributed by atoms with Gasteiger partial charge in [0.1, 0.15) is 11.9 Å². The van der Waals surface area contributed by atoms with Crippen molar-refractivity contribution >= 4 is 22.6 Å². The number of fused-ring (bicyclic) bond motifs is 1. The molecule has 0 aromatic carbocycles. The molecule has 0 aromatic rings. The van der Waals surface area contributed by atoms with Crippen molar-refractivity contribution in [2.45, 2.75) is 63.2 Å². The van der Waals surface area contributed by atoms with Crippen LogP contribution in [0.25, 0.3) is 0 Å². The number of hydrogen-bond acceptors (Lipinski definition) is 5. The van der Waals surface area contributed by atoms with Crippen molar-refractivity contribution in [1.29, 1.82) is 0 Å². The highest BCUT2D eigenvalue weighted by Gasteiger charge is 2.64. The van der Waals surface area contributed by atoms with E-state index < -0.39 is 11.6 Å². The minimum atomic E-state index is -0.791. The Morgan fingerprint density at radius 2 is 2.20 bits per heavy atom. The number of alkyl halides is 1. The third-order valence-electron chi connectivity index (χ3n) is 3.78. The number of rotatable bonds is 3. The number of ether oxygens (including phenoxy) is 5. The van der Waals surface area contributed by atoms with Crippen molar-refractivity contribution in [1.82, 2.24) is 0 Å². The Kier molecular flexibility index (Phi) is 4.05. The molecule has 5 nitrogen and oxygen atoms in total. The summed E-state index contributed by atoms with van der Waals surface area (Å²) in [5.74, 6) is -0.900. The molecular formula is C14H21IO5.